The lowest BCUT2D eigenvalue weighted by Gasteiger charge is -2.07. The molecule has 1 atom stereocenters. The van der Waals surface area contributed by atoms with E-state index in [9.17, 15) is 0 Å². The van der Waals surface area contributed by atoms with Gasteiger partial charge in [-0.2, -0.15) is 0 Å². The van der Waals surface area contributed by atoms with E-state index in [-0.39, 0.29) is 0 Å². The minimum Gasteiger partial charge on any atom is -0.0814 e. The summed E-state index contributed by atoms with van der Waals surface area (Å²) in [6.07, 6.45) is 8.75. The molecule has 10 heavy (non-hydrogen) atoms. The van der Waals surface area contributed by atoms with Crippen LogP contribution in [0.5, 0.6) is 0 Å². The quantitative estimate of drug-likeness (QED) is 0.546. The maximum Gasteiger partial charge on any atom is -0.0233 e. The first kappa shape index (κ1) is 7.84. The lowest BCUT2D eigenvalue weighted by atomic mass is 9.99. The van der Waals surface area contributed by atoms with E-state index in [1.807, 2.05) is 6.08 Å². The zero-order valence-electron chi connectivity index (χ0n) is 6.84. The Morgan fingerprint density at radius 2 is 2.30 bits per heavy atom. The van der Waals surface area contributed by atoms with E-state index in [2.05, 4.69) is 6.92 Å². The number of hydrogen-bond donors (Lipinski definition) is 0. The van der Waals surface area contributed by atoms with Crippen LogP contribution in [0.1, 0.15) is 39.0 Å². The number of allylic oxidation sites excluding steroid dienone is 1. The molecule has 1 unspecified atom stereocenters. The van der Waals surface area contributed by atoms with Crippen molar-refractivity contribution in [2.24, 2.45) is 11.8 Å². The van der Waals surface area contributed by atoms with Crippen LogP contribution in [0.25, 0.3) is 0 Å². The molecule has 0 aromatic carbocycles. The maximum absolute atomic E-state index is 5.46. The highest BCUT2D eigenvalue weighted by Crippen LogP contribution is 2.35. The zero-order chi connectivity index (χ0) is 7.40. The van der Waals surface area contributed by atoms with Crippen molar-refractivity contribution in [3.63, 3.8) is 0 Å². The molecule has 0 bridgehead atoms. The van der Waals surface area contributed by atoms with Crippen molar-refractivity contribution in [2.75, 3.05) is 0 Å². The van der Waals surface area contributed by atoms with Crippen molar-refractivity contribution in [1.82, 2.24) is 0 Å². The second-order valence-electron chi connectivity index (χ2n) is 3.38. The Morgan fingerprint density at radius 3 is 2.70 bits per heavy atom. The van der Waals surface area contributed by atoms with Crippen LogP contribution >= 0.6 is 0 Å². The van der Waals surface area contributed by atoms with Gasteiger partial charge in [0.1, 0.15) is 0 Å². The van der Waals surface area contributed by atoms with E-state index < -0.39 is 0 Å². The molecule has 0 heteroatoms. The number of rotatable bonds is 5. The van der Waals surface area contributed by atoms with Gasteiger partial charge in [-0.15, -0.1) is 0 Å². The molecule has 0 aliphatic heterocycles. The molecule has 0 saturated heterocycles. The van der Waals surface area contributed by atoms with Crippen LogP contribution in [0, 0.1) is 18.4 Å². The van der Waals surface area contributed by atoms with Gasteiger partial charge in [-0.05, 0) is 31.1 Å². The molecule has 0 nitrogen and oxygen atoms in total. The molecule has 1 rings (SSSR count). The lowest BCUT2D eigenvalue weighted by molar-refractivity contribution is 0.521. The Bertz CT molecular complexity index is 101. The summed E-state index contributed by atoms with van der Waals surface area (Å²) in [7, 11) is 0. The summed E-state index contributed by atoms with van der Waals surface area (Å²) < 4.78 is 0. The smallest absolute Gasteiger partial charge is 0.0233 e. The van der Waals surface area contributed by atoms with Crippen LogP contribution in [0.4, 0.5) is 0 Å². The summed E-state index contributed by atoms with van der Waals surface area (Å²) in [5.41, 5.74) is 0. The monoisotopic (exact) mass is 137 g/mol. The average molecular weight is 137 g/mol. The second-order valence-corrected chi connectivity index (χ2v) is 3.38. The third kappa shape index (κ3) is 2.55. The van der Waals surface area contributed by atoms with E-state index in [0.717, 1.165) is 5.92 Å². The van der Waals surface area contributed by atoms with E-state index in [4.69, 9.17) is 6.58 Å². The fraction of sp³-hybridized carbons (Fsp3) is 0.800. The van der Waals surface area contributed by atoms with Gasteiger partial charge in [0.15, 0.2) is 0 Å². The van der Waals surface area contributed by atoms with Crippen molar-refractivity contribution in [3.05, 3.63) is 12.7 Å². The molecule has 0 spiro atoms. The minimum absolute atomic E-state index is 0.681. The Labute approximate surface area is 64.3 Å². The van der Waals surface area contributed by atoms with E-state index in [0.29, 0.717) is 5.92 Å². The molecule has 0 N–H and O–H groups in total. The fourth-order valence-electron chi connectivity index (χ4n) is 1.29. The molecule has 0 heterocycles. The Morgan fingerprint density at radius 1 is 1.60 bits per heavy atom. The Hall–Kier alpha value is -0.260. The predicted octanol–water partition coefficient (Wildman–Crippen LogP) is 3.19. The van der Waals surface area contributed by atoms with Crippen molar-refractivity contribution < 1.29 is 0 Å². The second kappa shape index (κ2) is 3.80. The van der Waals surface area contributed by atoms with E-state index in [1.165, 1.54) is 32.1 Å². The summed E-state index contributed by atoms with van der Waals surface area (Å²) in [6.45, 7) is 7.67. The van der Waals surface area contributed by atoms with Gasteiger partial charge >= 0.3 is 0 Å². The molecule has 1 saturated carbocycles. The summed E-state index contributed by atoms with van der Waals surface area (Å²) in [6, 6.07) is 0. The standard InChI is InChI=1S/C10H17/c1-3-9(4-2)5-6-10-7-8-10/h1,3,9-10H,4-8H2,2H3. The third-order valence-electron chi connectivity index (χ3n) is 2.44. The van der Waals surface area contributed by atoms with Crippen molar-refractivity contribution >= 4 is 0 Å². The molecule has 1 radical (unpaired) electrons. The van der Waals surface area contributed by atoms with Gasteiger partial charge in [-0.25, -0.2) is 0 Å². The van der Waals surface area contributed by atoms with Gasteiger partial charge in [0.2, 0.25) is 0 Å². The first-order valence-corrected chi connectivity index (χ1v) is 4.42. The first-order chi connectivity index (χ1) is 4.86. The largest absolute Gasteiger partial charge is 0.0814 e. The van der Waals surface area contributed by atoms with Crippen LogP contribution in [-0.4, -0.2) is 0 Å². The van der Waals surface area contributed by atoms with Gasteiger partial charge < -0.3 is 0 Å². The summed E-state index contributed by atoms with van der Waals surface area (Å²) in [5, 5.41) is 0. The first-order valence-electron chi connectivity index (χ1n) is 4.42. The van der Waals surface area contributed by atoms with Crippen molar-refractivity contribution in [2.45, 2.75) is 39.0 Å². The fourth-order valence-corrected chi connectivity index (χ4v) is 1.29. The number of hydrogen-bond acceptors (Lipinski definition) is 0. The van der Waals surface area contributed by atoms with Crippen LogP contribution in [-0.2, 0) is 0 Å². The summed E-state index contributed by atoms with van der Waals surface area (Å²) in [4.78, 5) is 0. The topological polar surface area (TPSA) is 0 Å². The van der Waals surface area contributed by atoms with Gasteiger partial charge in [0, 0.05) is 0 Å². The Kier molecular flexibility index (Phi) is 2.98. The minimum atomic E-state index is 0.681. The molecule has 0 aromatic rings. The normalized spacial score (nSPS) is 20.5. The highest BCUT2D eigenvalue weighted by molar-refractivity contribution is 4.79. The van der Waals surface area contributed by atoms with Crippen LogP contribution < -0.4 is 0 Å². The van der Waals surface area contributed by atoms with Crippen molar-refractivity contribution in [3.8, 4) is 0 Å². The molecular weight excluding hydrogens is 120 g/mol. The highest BCUT2D eigenvalue weighted by Gasteiger charge is 2.21. The lowest BCUT2D eigenvalue weighted by Crippen LogP contribution is -1.93. The molecule has 57 valence electrons. The van der Waals surface area contributed by atoms with Crippen LogP contribution in [0.2, 0.25) is 0 Å². The molecular formula is C10H17. The summed E-state index contributed by atoms with van der Waals surface area (Å²) >= 11 is 0. The molecule has 1 aliphatic rings. The third-order valence-corrected chi connectivity index (χ3v) is 2.44. The average Bonchev–Trinajstić information content (AvgIpc) is 2.74. The van der Waals surface area contributed by atoms with Crippen LogP contribution in [0.15, 0.2) is 6.08 Å². The molecule has 0 amide bonds. The molecule has 1 fully saturated rings. The molecule has 0 aromatic heterocycles. The van der Waals surface area contributed by atoms with Gasteiger partial charge in [-0.1, -0.05) is 32.4 Å². The van der Waals surface area contributed by atoms with Crippen molar-refractivity contribution in [1.29, 1.82) is 0 Å². The zero-order valence-corrected chi connectivity index (χ0v) is 6.84. The maximum atomic E-state index is 5.46. The SMILES string of the molecule is [CH]=CC(CC)CCC1CC1. The predicted molar refractivity (Wildman–Crippen MR) is 44.6 cm³/mol. The van der Waals surface area contributed by atoms with Gasteiger partial charge in [-0.3, -0.25) is 0 Å². The highest BCUT2D eigenvalue weighted by atomic mass is 14.3. The van der Waals surface area contributed by atoms with Crippen LogP contribution in [0.3, 0.4) is 0 Å². The Balaban J connectivity index is 2.02. The van der Waals surface area contributed by atoms with E-state index >= 15 is 0 Å². The summed E-state index contributed by atoms with van der Waals surface area (Å²) in [5.74, 6) is 1.74. The van der Waals surface area contributed by atoms with Gasteiger partial charge in [0.05, 0.1) is 0 Å². The molecule has 1 aliphatic carbocycles. The van der Waals surface area contributed by atoms with Gasteiger partial charge in [0.25, 0.3) is 0 Å². The van der Waals surface area contributed by atoms with E-state index in [1.54, 1.807) is 0 Å².